The number of nitrogens with zero attached hydrogens (tertiary/aromatic N) is 4. The summed E-state index contributed by atoms with van der Waals surface area (Å²) in [5.41, 5.74) is -7.38. The second-order valence-electron chi connectivity index (χ2n) is 21.6. The van der Waals surface area contributed by atoms with Gasteiger partial charge >= 0.3 is 0 Å². The van der Waals surface area contributed by atoms with Crippen molar-refractivity contribution in [2.75, 3.05) is 18.5 Å². The number of imidazole rings is 1. The third kappa shape index (κ3) is 7.33. The summed E-state index contributed by atoms with van der Waals surface area (Å²) < 4.78 is 18.6. The van der Waals surface area contributed by atoms with Crippen LogP contribution in [-0.2, 0) is 28.6 Å². The summed E-state index contributed by atoms with van der Waals surface area (Å²) in [5, 5.41) is 111. The van der Waals surface area contributed by atoms with Gasteiger partial charge in [0.15, 0.2) is 34.8 Å². The van der Waals surface area contributed by atoms with Gasteiger partial charge in [-0.3, -0.25) is 19.0 Å². The fourth-order valence-electron chi connectivity index (χ4n) is 12.8. The Labute approximate surface area is 386 Å². The first-order chi connectivity index (χ1) is 31.1. The van der Waals surface area contributed by atoms with E-state index in [1.54, 1.807) is 13.8 Å². The number of carbonyl (C=O) groups is 3. The SMILES string of the molecule is CC1(C)C(=O)C(O[C@@H]2O[C@H](CO)[C@@H](O)[C@H](O)[C@H]2O)=C[C@@H]2C1=CC[C@@H]1[C@@]2(C)C(=O)C[C@]2(C)[C@@H]([C@@](C)(O)C(=O)C[C@@H](Nc3ncnc4c3ncn4[C@@H]3O[C@H](CO)[C@@H](O)[C@H]3O)C(C)(C)O)[C@H](O)C[C@@]12C. The first kappa shape index (κ1) is 49.6. The molecule has 0 amide bonds. The first-order valence-corrected chi connectivity index (χ1v) is 22.8. The fourth-order valence-corrected chi connectivity index (χ4v) is 12.8. The van der Waals surface area contributed by atoms with E-state index in [2.05, 4.69) is 20.3 Å². The van der Waals surface area contributed by atoms with Crippen LogP contribution in [0, 0.1) is 39.4 Å². The summed E-state index contributed by atoms with van der Waals surface area (Å²) in [6.07, 6.45) is -8.71. The van der Waals surface area contributed by atoms with E-state index in [1.807, 2.05) is 26.8 Å². The van der Waals surface area contributed by atoms with E-state index >= 15 is 4.79 Å². The Bertz CT molecular complexity index is 2360. The molecular weight excluding hydrogens is 879 g/mol. The van der Waals surface area contributed by atoms with Crippen LogP contribution >= 0.6 is 0 Å². The van der Waals surface area contributed by atoms with Crippen molar-refractivity contribution < 1.29 is 79.7 Å². The van der Waals surface area contributed by atoms with Gasteiger partial charge in [-0.15, -0.1) is 0 Å². The van der Waals surface area contributed by atoms with Crippen molar-refractivity contribution in [2.45, 2.75) is 160 Å². The van der Waals surface area contributed by atoms with Crippen LogP contribution in [0.3, 0.4) is 0 Å². The molecule has 4 fully saturated rings. The standard InChI is InChI=1S/C46H65N5O16/c1-41(2)19-9-10-25-43(5)13-21(54)35(44(43,6)14-28(56)45(25,7)20(19)11-22(36(41)62)66-40-34(61)32(59)30(57)24(16-53)67-40)46(8,64)27(55)12-26(42(3,4)63)50-37-29-38(48-17-47-37)51(18-49-29)39-33(60)31(58)23(15-52)65-39/h9,11,17-18,20-21,23-26,30-35,39-40,52-54,57-61,63-64H,10,12-16H2,1-8H3,(H,47,48,50)/t20-,21-,23-,24-,25+,26-,30-,31-,32+,33-,34-,35+,39-,40-,43+,44-,45+,46+/m1/s1. The van der Waals surface area contributed by atoms with Gasteiger partial charge in [-0.2, -0.15) is 0 Å². The van der Waals surface area contributed by atoms with Gasteiger partial charge in [0.05, 0.1) is 42.7 Å². The summed E-state index contributed by atoms with van der Waals surface area (Å²) in [5.74, 6) is -3.99. The molecule has 6 aliphatic rings. The number of ether oxygens (including phenoxy) is 3. The predicted octanol–water partition coefficient (Wildman–Crippen LogP) is -1.06. The third-order valence-electron chi connectivity index (χ3n) is 17.0. The molecule has 21 heteroatoms. The minimum absolute atomic E-state index is 0.0840. The lowest BCUT2D eigenvalue weighted by atomic mass is 9.39. The summed E-state index contributed by atoms with van der Waals surface area (Å²) in [7, 11) is 0. The number of hydrogen-bond acceptors (Lipinski definition) is 20. The Morgan fingerprint density at radius 2 is 1.54 bits per heavy atom. The number of allylic oxidation sites excluding steroid dienone is 4. The molecule has 21 nitrogen and oxygen atoms in total. The van der Waals surface area contributed by atoms with Crippen LogP contribution in [-0.4, -0.2) is 174 Å². The number of rotatable bonds is 12. The first-order valence-electron chi connectivity index (χ1n) is 22.8. The predicted molar refractivity (Wildman–Crippen MR) is 232 cm³/mol. The van der Waals surface area contributed by atoms with Crippen molar-refractivity contribution in [2.24, 2.45) is 39.4 Å². The normalized spacial score (nSPS) is 42.0. The summed E-state index contributed by atoms with van der Waals surface area (Å²) in [6, 6.07) is -1.12. The van der Waals surface area contributed by atoms with Gasteiger partial charge < -0.3 is 70.6 Å². The number of hydrogen-bond donors (Lipinski definition) is 11. The number of ketones is 3. The third-order valence-corrected chi connectivity index (χ3v) is 17.0. The molecule has 0 aromatic carbocycles. The molecule has 11 N–H and O–H groups in total. The summed E-state index contributed by atoms with van der Waals surface area (Å²) in [4.78, 5) is 56.9. The Hall–Kier alpha value is -3.84. The lowest BCUT2D eigenvalue weighted by Crippen LogP contribution is -2.64. The van der Waals surface area contributed by atoms with Gasteiger partial charge in [-0.1, -0.05) is 32.4 Å². The Kier molecular flexibility index (Phi) is 12.3. The number of nitrogens with one attached hydrogen (secondary N) is 1. The Morgan fingerprint density at radius 1 is 0.896 bits per heavy atom. The van der Waals surface area contributed by atoms with Gasteiger partial charge in [0.25, 0.3) is 0 Å². The zero-order valence-electron chi connectivity index (χ0n) is 38.8. The monoisotopic (exact) mass is 943 g/mol. The number of aliphatic hydroxyl groups is 10. The molecule has 4 aliphatic carbocycles. The van der Waals surface area contributed by atoms with E-state index in [-0.39, 0.29) is 41.4 Å². The van der Waals surface area contributed by atoms with Crippen LogP contribution in [0.25, 0.3) is 11.2 Å². The van der Waals surface area contributed by atoms with Crippen molar-refractivity contribution in [1.29, 1.82) is 0 Å². The van der Waals surface area contributed by atoms with Crippen LogP contribution in [0.2, 0.25) is 0 Å². The van der Waals surface area contributed by atoms with Crippen molar-refractivity contribution >= 4 is 34.3 Å². The maximum Gasteiger partial charge on any atom is 0.229 e. The number of fused-ring (bicyclic) bond motifs is 6. The topological polar surface area (TPSA) is 337 Å². The van der Waals surface area contributed by atoms with E-state index in [4.69, 9.17) is 14.2 Å². The summed E-state index contributed by atoms with van der Waals surface area (Å²) >= 11 is 0. The van der Waals surface area contributed by atoms with Crippen LogP contribution in [0.1, 0.15) is 87.3 Å². The molecule has 2 saturated heterocycles. The molecular formula is C46H65N5O16. The van der Waals surface area contributed by atoms with Crippen LogP contribution < -0.4 is 5.32 Å². The Balaban J connectivity index is 1.07. The second kappa shape index (κ2) is 16.7. The molecule has 0 spiro atoms. The molecule has 0 bridgehead atoms. The molecule has 18 atom stereocenters. The molecule has 2 aromatic rings. The van der Waals surface area contributed by atoms with E-state index < -0.39 is 149 Å². The van der Waals surface area contributed by atoms with Crippen LogP contribution in [0.15, 0.2) is 36.1 Å². The van der Waals surface area contributed by atoms with Crippen molar-refractivity contribution in [3.8, 4) is 0 Å². The minimum atomic E-state index is -2.25. The van der Waals surface area contributed by atoms with Gasteiger partial charge in [0, 0.05) is 30.1 Å². The average molecular weight is 944 g/mol. The quantitative estimate of drug-likeness (QED) is 0.113. The highest BCUT2D eigenvalue weighted by Gasteiger charge is 2.74. The molecule has 2 aliphatic heterocycles. The second-order valence-corrected chi connectivity index (χ2v) is 21.6. The molecule has 2 saturated carbocycles. The zero-order chi connectivity index (χ0) is 49.3. The van der Waals surface area contributed by atoms with Gasteiger partial charge in [0.1, 0.15) is 60.4 Å². The van der Waals surface area contributed by atoms with Gasteiger partial charge in [-0.05, 0) is 70.3 Å². The number of Topliss-reactive ketones (excluding diaryl/α,β-unsaturated/α-hetero) is 3. The molecule has 67 heavy (non-hydrogen) atoms. The molecule has 2 aromatic heterocycles. The minimum Gasteiger partial charge on any atom is -0.459 e. The van der Waals surface area contributed by atoms with E-state index in [0.717, 1.165) is 0 Å². The highest BCUT2D eigenvalue weighted by atomic mass is 16.7. The van der Waals surface area contributed by atoms with Crippen LogP contribution in [0.4, 0.5) is 5.82 Å². The van der Waals surface area contributed by atoms with Crippen LogP contribution in [0.5, 0.6) is 0 Å². The number of anilines is 1. The average Bonchev–Trinajstić information content (AvgIpc) is 3.87. The number of aliphatic hydroxyl groups excluding tert-OH is 8. The number of carbonyl (C=O) groups excluding carboxylic acids is 3. The Morgan fingerprint density at radius 3 is 2.16 bits per heavy atom. The summed E-state index contributed by atoms with van der Waals surface area (Å²) in [6.45, 7) is 12.0. The fraction of sp³-hybridized carbons (Fsp3) is 0.739. The van der Waals surface area contributed by atoms with Crippen molar-refractivity contribution in [3.05, 3.63) is 36.1 Å². The molecule has 370 valence electrons. The zero-order valence-corrected chi connectivity index (χ0v) is 38.8. The molecule has 0 unspecified atom stereocenters. The van der Waals surface area contributed by atoms with Gasteiger partial charge in [-0.25, -0.2) is 15.0 Å². The maximum atomic E-state index is 15.1. The molecule has 0 radical (unpaired) electrons. The van der Waals surface area contributed by atoms with E-state index in [0.29, 0.717) is 12.0 Å². The lowest BCUT2D eigenvalue weighted by Gasteiger charge is -2.63. The van der Waals surface area contributed by atoms with Crippen molar-refractivity contribution in [1.82, 2.24) is 19.5 Å². The van der Waals surface area contributed by atoms with E-state index in [9.17, 15) is 60.7 Å². The van der Waals surface area contributed by atoms with Crippen molar-refractivity contribution in [3.63, 3.8) is 0 Å². The molecule has 8 rings (SSSR count). The largest absolute Gasteiger partial charge is 0.459 e. The van der Waals surface area contributed by atoms with E-state index in [1.165, 1.54) is 44.1 Å². The highest BCUT2D eigenvalue weighted by molar-refractivity contribution is 6.02. The highest BCUT2D eigenvalue weighted by Crippen LogP contribution is 2.74. The van der Waals surface area contributed by atoms with Gasteiger partial charge in [0.2, 0.25) is 12.1 Å². The smallest absolute Gasteiger partial charge is 0.229 e. The maximum absolute atomic E-state index is 15.1. The number of aromatic nitrogens is 4. The lowest BCUT2D eigenvalue weighted by molar-refractivity contribution is -0.291. The molecule has 4 heterocycles.